The fourth-order valence-corrected chi connectivity index (χ4v) is 4.64. The molecular weight excluding hydrogens is 468 g/mol. The summed E-state index contributed by atoms with van der Waals surface area (Å²) in [6.07, 6.45) is 1.48. The van der Waals surface area contributed by atoms with Gasteiger partial charge in [-0.05, 0) is 38.1 Å². The highest BCUT2D eigenvalue weighted by molar-refractivity contribution is 6.45. The average Bonchev–Trinajstić information content (AvgIpc) is 3.49. The number of carbonyl (C=O) groups excluding carboxylic acids is 3. The third-order valence-electron chi connectivity index (χ3n) is 6.22. The predicted octanol–water partition coefficient (Wildman–Crippen LogP) is 3.47. The lowest BCUT2D eigenvalue weighted by molar-refractivity contribution is -0.130. The smallest absolute Gasteiger partial charge is 0.295 e. The molecule has 0 spiro atoms. The summed E-state index contributed by atoms with van der Waals surface area (Å²) in [5.41, 5.74) is 3.84. The molecule has 0 saturated carbocycles. The second-order valence-corrected chi connectivity index (χ2v) is 9.04. The van der Waals surface area contributed by atoms with Gasteiger partial charge in [0.25, 0.3) is 17.6 Å². The minimum absolute atomic E-state index is 0.0903. The van der Waals surface area contributed by atoms with Crippen molar-refractivity contribution in [2.75, 3.05) is 19.6 Å². The number of hydrogen-bond acceptors (Lipinski definition) is 5. The fourth-order valence-electron chi connectivity index (χ4n) is 4.45. The summed E-state index contributed by atoms with van der Waals surface area (Å²) in [5, 5.41) is 7.35. The van der Waals surface area contributed by atoms with Crippen molar-refractivity contribution in [3.8, 4) is 11.3 Å². The van der Waals surface area contributed by atoms with Crippen LogP contribution in [0.5, 0.6) is 0 Å². The molecule has 2 amide bonds. The lowest BCUT2D eigenvalue weighted by Gasteiger charge is -2.39. The Balaban J connectivity index is 1.37. The molecule has 0 aliphatic carbocycles. The molecule has 10 heteroatoms. The number of piperazine rings is 1. The number of nitrogens with zero attached hydrogens (tertiary/aromatic N) is 4. The standard InChI is InChI=1S/C25H23ClN6O3/c1-14-10-19(30-29-14)17-11-20(26)28-22-18(12-27-21(17)22)23(33)25(35)32-9-8-31(13-15(32)2)24(34)16-6-4-3-5-7-16/h3-7,10-12,15,27H,8-9,13H2,1-2H3,(H,29,30)/t15-/m0/s1. The van der Waals surface area contributed by atoms with Gasteiger partial charge in [-0.1, -0.05) is 29.8 Å². The first-order valence-corrected chi connectivity index (χ1v) is 11.6. The second-order valence-electron chi connectivity index (χ2n) is 8.65. The van der Waals surface area contributed by atoms with E-state index in [1.54, 1.807) is 23.1 Å². The van der Waals surface area contributed by atoms with Crippen molar-refractivity contribution >= 4 is 40.2 Å². The zero-order valence-corrected chi connectivity index (χ0v) is 20.0. The Bertz CT molecular complexity index is 1440. The molecule has 0 bridgehead atoms. The van der Waals surface area contributed by atoms with Gasteiger partial charge in [0.1, 0.15) is 10.7 Å². The summed E-state index contributed by atoms with van der Waals surface area (Å²) < 4.78 is 0. The molecule has 178 valence electrons. The monoisotopic (exact) mass is 490 g/mol. The third-order valence-corrected chi connectivity index (χ3v) is 6.41. The zero-order valence-electron chi connectivity index (χ0n) is 19.2. The Labute approximate surface area is 206 Å². The van der Waals surface area contributed by atoms with Crippen molar-refractivity contribution in [2.24, 2.45) is 0 Å². The van der Waals surface area contributed by atoms with Gasteiger partial charge >= 0.3 is 0 Å². The number of benzene rings is 1. The summed E-state index contributed by atoms with van der Waals surface area (Å²) in [7, 11) is 0. The Hall–Kier alpha value is -3.98. The van der Waals surface area contributed by atoms with Gasteiger partial charge in [0.05, 0.1) is 16.8 Å². The predicted molar refractivity (Wildman–Crippen MR) is 131 cm³/mol. The Morgan fingerprint density at radius 1 is 1.11 bits per heavy atom. The van der Waals surface area contributed by atoms with E-state index in [9.17, 15) is 14.4 Å². The zero-order chi connectivity index (χ0) is 24.7. The number of Topliss-reactive ketones (excluding diaryl/α,β-unsaturated/α-hetero) is 1. The van der Waals surface area contributed by atoms with Gasteiger partial charge in [-0.15, -0.1) is 0 Å². The van der Waals surface area contributed by atoms with Crippen molar-refractivity contribution in [3.05, 3.63) is 70.6 Å². The van der Waals surface area contributed by atoms with Gasteiger partial charge in [-0.3, -0.25) is 19.5 Å². The number of H-pyrrole nitrogens is 2. The third kappa shape index (κ3) is 4.19. The Morgan fingerprint density at radius 3 is 2.57 bits per heavy atom. The van der Waals surface area contributed by atoms with Crippen LogP contribution in [0.2, 0.25) is 5.15 Å². The van der Waals surface area contributed by atoms with Gasteiger partial charge in [0.2, 0.25) is 0 Å². The molecule has 5 rings (SSSR count). The summed E-state index contributed by atoms with van der Waals surface area (Å²) in [6.45, 7) is 4.66. The second kappa shape index (κ2) is 8.99. The molecule has 1 saturated heterocycles. The van der Waals surface area contributed by atoms with Gasteiger partial charge in [-0.2, -0.15) is 5.10 Å². The van der Waals surface area contributed by atoms with Crippen LogP contribution in [-0.2, 0) is 4.79 Å². The molecule has 1 atom stereocenters. The number of aryl methyl sites for hydroxylation is 1. The van der Waals surface area contributed by atoms with E-state index in [1.165, 1.54) is 11.1 Å². The normalized spacial score (nSPS) is 16.0. The van der Waals surface area contributed by atoms with E-state index in [0.717, 1.165) is 5.69 Å². The van der Waals surface area contributed by atoms with Crippen molar-refractivity contribution in [1.29, 1.82) is 0 Å². The summed E-state index contributed by atoms with van der Waals surface area (Å²) in [6, 6.07) is 12.2. The van der Waals surface area contributed by atoms with Gasteiger partial charge in [-0.25, -0.2) is 4.98 Å². The number of hydrogen-bond donors (Lipinski definition) is 2. The minimum Gasteiger partial charge on any atom is -0.359 e. The number of halogens is 1. The highest BCUT2D eigenvalue weighted by Gasteiger charge is 2.34. The number of aromatic nitrogens is 4. The van der Waals surface area contributed by atoms with Crippen molar-refractivity contribution < 1.29 is 14.4 Å². The number of nitrogens with one attached hydrogen (secondary N) is 2. The van der Waals surface area contributed by atoms with Gasteiger partial charge in [0.15, 0.2) is 0 Å². The molecule has 35 heavy (non-hydrogen) atoms. The largest absolute Gasteiger partial charge is 0.359 e. The number of amides is 2. The molecule has 9 nitrogen and oxygen atoms in total. The van der Waals surface area contributed by atoms with Crippen LogP contribution in [0.3, 0.4) is 0 Å². The SMILES string of the molecule is Cc1cc(-c2cc(Cl)nc3c(C(=O)C(=O)N4CCN(C(=O)c5ccccc5)C[C@@H]4C)c[nH]c23)n[nH]1. The number of carbonyl (C=O) groups is 3. The quantitative estimate of drug-likeness (QED) is 0.258. The van der Waals surface area contributed by atoms with Crippen LogP contribution >= 0.6 is 11.6 Å². The van der Waals surface area contributed by atoms with E-state index in [0.29, 0.717) is 40.9 Å². The Kier molecular flexibility index (Phi) is 5.86. The number of fused-ring (bicyclic) bond motifs is 1. The first-order valence-electron chi connectivity index (χ1n) is 11.2. The minimum atomic E-state index is -0.676. The lowest BCUT2D eigenvalue weighted by Crippen LogP contribution is -2.56. The summed E-state index contributed by atoms with van der Waals surface area (Å²) in [5.74, 6) is -1.40. The van der Waals surface area contributed by atoms with Crippen molar-refractivity contribution in [3.63, 3.8) is 0 Å². The molecule has 4 heterocycles. The van der Waals surface area contributed by atoms with E-state index >= 15 is 0 Å². The highest BCUT2D eigenvalue weighted by atomic mass is 35.5. The van der Waals surface area contributed by atoms with Crippen molar-refractivity contribution in [1.82, 2.24) is 30.0 Å². The molecule has 3 aromatic heterocycles. The summed E-state index contributed by atoms with van der Waals surface area (Å²) in [4.78, 5) is 49.9. The number of ketones is 1. The van der Waals surface area contributed by atoms with E-state index in [4.69, 9.17) is 11.6 Å². The first kappa shape index (κ1) is 22.8. The van der Waals surface area contributed by atoms with E-state index in [1.807, 2.05) is 38.1 Å². The number of rotatable bonds is 4. The molecular formula is C25H23ClN6O3. The van der Waals surface area contributed by atoms with E-state index in [-0.39, 0.29) is 29.2 Å². The lowest BCUT2D eigenvalue weighted by atomic mass is 10.1. The maximum atomic E-state index is 13.3. The molecule has 1 aliphatic rings. The van der Waals surface area contributed by atoms with Crippen LogP contribution in [0.25, 0.3) is 22.3 Å². The molecule has 0 unspecified atom stereocenters. The summed E-state index contributed by atoms with van der Waals surface area (Å²) >= 11 is 6.25. The van der Waals surface area contributed by atoms with Gasteiger partial charge in [0, 0.05) is 48.7 Å². The molecule has 1 fully saturated rings. The molecule has 1 aliphatic heterocycles. The molecule has 4 aromatic rings. The van der Waals surface area contributed by atoms with Gasteiger partial charge < -0.3 is 14.8 Å². The maximum absolute atomic E-state index is 13.3. The highest BCUT2D eigenvalue weighted by Crippen LogP contribution is 2.31. The Morgan fingerprint density at radius 2 is 1.89 bits per heavy atom. The van der Waals surface area contributed by atoms with Crippen molar-refractivity contribution in [2.45, 2.75) is 19.9 Å². The number of aromatic amines is 2. The first-order chi connectivity index (χ1) is 16.8. The van der Waals surface area contributed by atoms with Crippen LogP contribution in [0.4, 0.5) is 0 Å². The molecule has 0 radical (unpaired) electrons. The van der Waals surface area contributed by atoms with Crippen LogP contribution in [-0.4, -0.2) is 73.2 Å². The maximum Gasteiger partial charge on any atom is 0.295 e. The number of pyridine rings is 1. The van der Waals surface area contributed by atoms with Crippen LogP contribution in [0.15, 0.2) is 48.7 Å². The topological polar surface area (TPSA) is 115 Å². The van der Waals surface area contributed by atoms with Crippen LogP contribution < -0.4 is 0 Å². The van der Waals surface area contributed by atoms with Crippen LogP contribution in [0, 0.1) is 6.92 Å². The van der Waals surface area contributed by atoms with Crippen LogP contribution in [0.1, 0.15) is 33.3 Å². The average molecular weight is 491 g/mol. The molecule has 2 N–H and O–H groups in total. The molecule has 1 aromatic carbocycles. The fraction of sp³-hybridized carbons (Fsp3) is 0.240. The van der Waals surface area contributed by atoms with E-state index < -0.39 is 11.7 Å². The van der Waals surface area contributed by atoms with E-state index in [2.05, 4.69) is 20.2 Å².